The van der Waals surface area contributed by atoms with Crippen molar-refractivity contribution in [2.24, 2.45) is 0 Å². The third kappa shape index (κ3) is 4.66. The predicted molar refractivity (Wildman–Crippen MR) is 136 cm³/mol. The molecule has 2 aromatic heterocycles. The number of ether oxygens (including phenoxy) is 1. The smallest absolute Gasteiger partial charge is 0.409 e. The van der Waals surface area contributed by atoms with Crippen LogP contribution in [0.2, 0.25) is 5.02 Å². The van der Waals surface area contributed by atoms with Crippen LogP contribution in [0.25, 0.3) is 33.2 Å². The van der Waals surface area contributed by atoms with Gasteiger partial charge in [-0.3, -0.25) is 4.79 Å². The van der Waals surface area contributed by atoms with Gasteiger partial charge in [0.2, 0.25) is 0 Å². The summed E-state index contributed by atoms with van der Waals surface area (Å²) in [5.74, 6) is 0.758. The van der Waals surface area contributed by atoms with Gasteiger partial charge in [-0.05, 0) is 43.7 Å². The minimum atomic E-state index is -0.320. The van der Waals surface area contributed by atoms with Crippen molar-refractivity contribution in [3.63, 3.8) is 0 Å². The van der Waals surface area contributed by atoms with Crippen molar-refractivity contribution < 1.29 is 14.3 Å². The second-order valence-electron chi connectivity index (χ2n) is 8.67. The van der Waals surface area contributed by atoms with Gasteiger partial charge in [0.25, 0.3) is 5.91 Å². The van der Waals surface area contributed by atoms with Crippen molar-refractivity contribution in [2.45, 2.75) is 20.3 Å². The highest BCUT2D eigenvalue weighted by molar-refractivity contribution is 6.35. The Kier molecular flexibility index (Phi) is 6.30. The van der Waals surface area contributed by atoms with Crippen molar-refractivity contribution in [1.82, 2.24) is 24.8 Å². The second-order valence-corrected chi connectivity index (χ2v) is 9.08. The molecule has 0 unspecified atom stereocenters. The maximum Gasteiger partial charge on any atom is 0.409 e. The van der Waals surface area contributed by atoms with Crippen LogP contribution in [-0.2, 0) is 4.74 Å². The number of piperazine rings is 1. The van der Waals surface area contributed by atoms with Gasteiger partial charge in [-0.1, -0.05) is 30.7 Å². The van der Waals surface area contributed by atoms with Crippen molar-refractivity contribution in [2.75, 3.05) is 32.8 Å². The number of aryl methyl sites for hydroxylation is 1. The van der Waals surface area contributed by atoms with E-state index in [2.05, 4.69) is 9.97 Å². The van der Waals surface area contributed by atoms with E-state index in [1.807, 2.05) is 44.2 Å². The molecule has 8 nitrogen and oxygen atoms in total. The van der Waals surface area contributed by atoms with Gasteiger partial charge in [0.15, 0.2) is 0 Å². The van der Waals surface area contributed by atoms with Gasteiger partial charge in [-0.15, -0.1) is 0 Å². The van der Waals surface area contributed by atoms with E-state index in [0.29, 0.717) is 54.6 Å². The number of aromatic amines is 1. The third-order valence-corrected chi connectivity index (χ3v) is 6.47. The zero-order valence-electron chi connectivity index (χ0n) is 19.7. The van der Waals surface area contributed by atoms with E-state index in [1.54, 1.807) is 21.9 Å². The Labute approximate surface area is 207 Å². The van der Waals surface area contributed by atoms with Crippen LogP contribution < -0.4 is 0 Å². The lowest BCUT2D eigenvalue weighted by Gasteiger charge is -2.34. The summed E-state index contributed by atoms with van der Waals surface area (Å²) in [4.78, 5) is 41.2. The fourth-order valence-electron chi connectivity index (χ4n) is 4.31. The van der Waals surface area contributed by atoms with Crippen molar-refractivity contribution in [3.8, 4) is 11.3 Å². The molecule has 0 aliphatic carbocycles. The maximum atomic E-state index is 13.2. The zero-order valence-corrected chi connectivity index (χ0v) is 20.4. The van der Waals surface area contributed by atoms with Crippen LogP contribution in [0, 0.1) is 6.92 Å². The minimum absolute atomic E-state index is 0.0924. The molecule has 5 rings (SSSR count). The van der Waals surface area contributed by atoms with Crippen molar-refractivity contribution in [3.05, 3.63) is 58.9 Å². The summed E-state index contributed by atoms with van der Waals surface area (Å²) in [7, 11) is 0. The number of pyridine rings is 1. The highest BCUT2D eigenvalue weighted by atomic mass is 35.5. The van der Waals surface area contributed by atoms with Crippen LogP contribution in [-0.4, -0.2) is 69.5 Å². The summed E-state index contributed by atoms with van der Waals surface area (Å²) in [5, 5.41) is 1.36. The summed E-state index contributed by atoms with van der Waals surface area (Å²) in [6.07, 6.45) is 0.461. The number of fused-ring (bicyclic) bond motifs is 2. The van der Waals surface area contributed by atoms with Gasteiger partial charge in [0.05, 0.1) is 33.9 Å². The van der Waals surface area contributed by atoms with Gasteiger partial charge in [0, 0.05) is 42.7 Å². The number of carbonyl (C=O) groups is 2. The van der Waals surface area contributed by atoms with E-state index >= 15 is 0 Å². The fraction of sp³-hybridized carbons (Fsp3) is 0.308. The Balaban J connectivity index is 1.37. The number of H-pyrrole nitrogens is 1. The fourth-order valence-corrected chi connectivity index (χ4v) is 4.58. The molecule has 35 heavy (non-hydrogen) atoms. The molecule has 9 heteroatoms. The zero-order chi connectivity index (χ0) is 24.5. The molecule has 3 heterocycles. The number of nitrogens with one attached hydrogen (secondary N) is 1. The quantitative estimate of drug-likeness (QED) is 0.431. The highest BCUT2D eigenvalue weighted by Crippen LogP contribution is 2.30. The first-order chi connectivity index (χ1) is 16.9. The highest BCUT2D eigenvalue weighted by Gasteiger charge is 2.26. The number of benzene rings is 2. The molecule has 1 aliphatic rings. The Bertz CT molecular complexity index is 1430. The van der Waals surface area contributed by atoms with E-state index in [1.165, 1.54) is 0 Å². The van der Waals surface area contributed by atoms with Gasteiger partial charge < -0.3 is 19.5 Å². The van der Waals surface area contributed by atoms with Crippen LogP contribution in [0.4, 0.5) is 4.79 Å². The molecule has 2 amide bonds. The molecule has 1 saturated heterocycles. The van der Waals surface area contributed by atoms with Crippen LogP contribution in [0.15, 0.2) is 42.5 Å². The maximum absolute atomic E-state index is 13.2. The number of amides is 2. The molecule has 0 atom stereocenters. The first kappa shape index (κ1) is 23.1. The molecule has 1 aliphatic heterocycles. The molecule has 1 N–H and O–H groups in total. The molecule has 4 aromatic rings. The molecule has 0 radical (unpaired) electrons. The summed E-state index contributed by atoms with van der Waals surface area (Å²) in [6.45, 7) is 6.08. The molecular weight excluding hydrogens is 466 g/mol. The monoisotopic (exact) mass is 491 g/mol. The molecule has 180 valence electrons. The Morgan fingerprint density at radius 3 is 2.54 bits per heavy atom. The topological polar surface area (TPSA) is 91.4 Å². The normalized spacial score (nSPS) is 14.0. The number of halogens is 1. The first-order valence-corrected chi connectivity index (χ1v) is 12.1. The minimum Gasteiger partial charge on any atom is -0.449 e. The van der Waals surface area contributed by atoms with E-state index < -0.39 is 0 Å². The van der Waals surface area contributed by atoms with E-state index in [4.69, 9.17) is 21.3 Å². The van der Waals surface area contributed by atoms with Gasteiger partial charge >= 0.3 is 6.09 Å². The molecule has 0 saturated carbocycles. The summed E-state index contributed by atoms with van der Waals surface area (Å²) >= 11 is 6.59. The molecule has 1 fully saturated rings. The average Bonchev–Trinajstić information content (AvgIpc) is 3.25. The first-order valence-electron chi connectivity index (χ1n) is 11.7. The lowest BCUT2D eigenvalue weighted by atomic mass is 10.1. The van der Waals surface area contributed by atoms with Crippen LogP contribution in [0.3, 0.4) is 0 Å². The number of nitrogens with zero attached hydrogens (tertiary/aromatic N) is 4. The van der Waals surface area contributed by atoms with Crippen LogP contribution >= 0.6 is 11.6 Å². The van der Waals surface area contributed by atoms with Crippen LogP contribution in [0.1, 0.15) is 29.5 Å². The lowest BCUT2D eigenvalue weighted by molar-refractivity contribution is 0.0560. The third-order valence-electron chi connectivity index (χ3n) is 6.16. The predicted octanol–water partition coefficient (Wildman–Crippen LogP) is 5.04. The number of carbonyl (C=O) groups excluding carboxylic acids is 2. The number of aromatic nitrogens is 3. The number of hydrogen-bond acceptors (Lipinski definition) is 5. The lowest BCUT2D eigenvalue weighted by Crippen LogP contribution is -2.50. The number of rotatable bonds is 4. The van der Waals surface area contributed by atoms with Crippen LogP contribution in [0.5, 0.6) is 0 Å². The molecule has 0 spiro atoms. The Morgan fingerprint density at radius 2 is 1.77 bits per heavy atom. The largest absolute Gasteiger partial charge is 0.449 e. The average molecular weight is 492 g/mol. The Hall–Kier alpha value is -3.65. The number of hydrogen-bond donors (Lipinski definition) is 1. The standard InChI is InChI=1S/C26H26ClN5O3/c1-3-12-35-26(34)32-10-8-31(9-11-32)25(33)18-4-6-19-20(27)15-22(30-23(19)14-18)17-5-7-21-24(13-17)29-16(2)28-21/h4-7,13-15H,3,8-12H2,1-2H3,(H,28,29). The Morgan fingerprint density at radius 1 is 1.00 bits per heavy atom. The van der Waals surface area contributed by atoms with E-state index in [9.17, 15) is 9.59 Å². The summed E-state index contributed by atoms with van der Waals surface area (Å²) in [5.41, 5.74) is 4.63. The van der Waals surface area contributed by atoms with Gasteiger partial charge in [0.1, 0.15) is 5.82 Å². The van der Waals surface area contributed by atoms with Crippen molar-refractivity contribution in [1.29, 1.82) is 0 Å². The second kappa shape index (κ2) is 9.54. The van der Waals surface area contributed by atoms with Crippen molar-refractivity contribution >= 4 is 45.5 Å². The van der Waals surface area contributed by atoms with E-state index in [0.717, 1.165) is 34.2 Å². The van der Waals surface area contributed by atoms with Gasteiger partial charge in [-0.25, -0.2) is 14.8 Å². The van der Waals surface area contributed by atoms with Gasteiger partial charge in [-0.2, -0.15) is 0 Å². The number of imidazole rings is 1. The van der Waals surface area contributed by atoms with E-state index in [-0.39, 0.29) is 12.0 Å². The molecule has 2 aromatic carbocycles. The molecule has 0 bridgehead atoms. The molecular formula is C26H26ClN5O3. The summed E-state index contributed by atoms with van der Waals surface area (Å²) in [6, 6.07) is 13.2. The SMILES string of the molecule is CCCOC(=O)N1CCN(C(=O)c2ccc3c(Cl)cc(-c4ccc5[nH]c(C)nc5c4)nc3c2)CC1. The summed E-state index contributed by atoms with van der Waals surface area (Å²) < 4.78 is 5.20.